The van der Waals surface area contributed by atoms with Gasteiger partial charge in [-0.15, -0.1) is 0 Å². The first kappa shape index (κ1) is 13.0. The van der Waals surface area contributed by atoms with E-state index in [9.17, 15) is 9.18 Å². The second-order valence-electron chi connectivity index (χ2n) is 4.68. The highest BCUT2D eigenvalue weighted by Gasteiger charge is 2.23. The Hall–Kier alpha value is -1.42. The van der Waals surface area contributed by atoms with E-state index < -0.39 is 0 Å². The topological polar surface area (TPSA) is 38.3 Å². The smallest absolute Gasteiger partial charge is 0.224 e. The number of hydrogen-bond donors (Lipinski definition) is 1. The van der Waals surface area contributed by atoms with Crippen LogP contribution in [0.2, 0.25) is 0 Å². The highest BCUT2D eigenvalue weighted by atomic mass is 19.1. The number of nitrogens with one attached hydrogen (secondary N) is 1. The van der Waals surface area contributed by atoms with E-state index in [2.05, 4.69) is 5.32 Å². The Kier molecular flexibility index (Phi) is 4.31. The molecule has 1 N–H and O–H groups in total. The van der Waals surface area contributed by atoms with Gasteiger partial charge in [0.25, 0.3) is 0 Å². The number of benzene rings is 1. The van der Waals surface area contributed by atoms with Gasteiger partial charge in [-0.1, -0.05) is 18.2 Å². The Labute approximate surface area is 106 Å². The number of carbonyl (C=O) groups is 1. The number of halogens is 1. The van der Waals surface area contributed by atoms with Gasteiger partial charge in [0.05, 0.1) is 18.6 Å². The van der Waals surface area contributed by atoms with Crippen LogP contribution in [0.4, 0.5) is 4.39 Å². The molecule has 98 valence electrons. The summed E-state index contributed by atoms with van der Waals surface area (Å²) in [6, 6.07) is 6.32. The third-order valence-electron chi connectivity index (χ3n) is 3.22. The summed E-state index contributed by atoms with van der Waals surface area (Å²) in [7, 11) is 0. The van der Waals surface area contributed by atoms with Crippen molar-refractivity contribution >= 4 is 5.91 Å². The van der Waals surface area contributed by atoms with Gasteiger partial charge in [0.15, 0.2) is 0 Å². The quantitative estimate of drug-likeness (QED) is 0.889. The van der Waals surface area contributed by atoms with Crippen molar-refractivity contribution in [2.45, 2.75) is 38.3 Å². The molecule has 4 heteroatoms. The second kappa shape index (κ2) is 5.96. The fourth-order valence-electron chi connectivity index (χ4n) is 2.21. The third kappa shape index (κ3) is 3.29. The van der Waals surface area contributed by atoms with Gasteiger partial charge in [0.1, 0.15) is 5.82 Å². The van der Waals surface area contributed by atoms with Crippen molar-refractivity contribution in [3.05, 3.63) is 35.6 Å². The molecule has 2 atom stereocenters. The molecule has 1 amide bonds. The van der Waals surface area contributed by atoms with Crippen molar-refractivity contribution in [3.8, 4) is 0 Å². The molecule has 0 aliphatic carbocycles. The first-order chi connectivity index (χ1) is 8.66. The summed E-state index contributed by atoms with van der Waals surface area (Å²) in [4.78, 5) is 11.8. The molecule has 0 spiro atoms. The molecule has 1 aromatic rings. The maximum absolute atomic E-state index is 13.4. The van der Waals surface area contributed by atoms with E-state index in [4.69, 9.17) is 4.74 Å². The number of amides is 1. The van der Waals surface area contributed by atoms with Crippen LogP contribution in [0.25, 0.3) is 0 Å². The fraction of sp³-hybridized carbons (Fsp3) is 0.500. The molecule has 0 radical (unpaired) electrons. The van der Waals surface area contributed by atoms with Gasteiger partial charge in [-0.2, -0.15) is 0 Å². The van der Waals surface area contributed by atoms with E-state index in [1.54, 1.807) is 18.2 Å². The van der Waals surface area contributed by atoms with Crippen molar-refractivity contribution in [2.24, 2.45) is 0 Å². The zero-order valence-electron chi connectivity index (χ0n) is 10.5. The van der Waals surface area contributed by atoms with Gasteiger partial charge in [0, 0.05) is 6.61 Å². The average Bonchev–Trinajstić information content (AvgIpc) is 2.85. The van der Waals surface area contributed by atoms with Gasteiger partial charge in [-0.25, -0.2) is 4.39 Å². The van der Waals surface area contributed by atoms with E-state index in [-0.39, 0.29) is 30.3 Å². The van der Waals surface area contributed by atoms with Gasteiger partial charge in [-0.05, 0) is 31.4 Å². The van der Waals surface area contributed by atoms with Crippen molar-refractivity contribution in [2.75, 3.05) is 6.61 Å². The molecule has 1 fully saturated rings. The van der Waals surface area contributed by atoms with Crippen LogP contribution < -0.4 is 5.32 Å². The molecule has 1 aliphatic rings. The molecule has 3 nitrogen and oxygen atoms in total. The SMILES string of the molecule is C[C@H](NC(=O)Cc1ccccc1F)[C@H]1CCCO1. The lowest BCUT2D eigenvalue weighted by molar-refractivity contribution is -0.121. The van der Waals surface area contributed by atoms with E-state index in [0.717, 1.165) is 19.4 Å². The van der Waals surface area contributed by atoms with Crippen molar-refractivity contribution < 1.29 is 13.9 Å². The molecule has 1 saturated heterocycles. The van der Waals surface area contributed by atoms with Crippen LogP contribution in [0.1, 0.15) is 25.3 Å². The van der Waals surface area contributed by atoms with Crippen LogP contribution in [0.3, 0.4) is 0 Å². The van der Waals surface area contributed by atoms with Gasteiger partial charge < -0.3 is 10.1 Å². The minimum atomic E-state index is -0.336. The monoisotopic (exact) mass is 251 g/mol. The average molecular weight is 251 g/mol. The molecule has 0 aromatic heterocycles. The van der Waals surface area contributed by atoms with Gasteiger partial charge >= 0.3 is 0 Å². The lowest BCUT2D eigenvalue weighted by Gasteiger charge is -2.20. The minimum absolute atomic E-state index is 0.0215. The molecule has 0 saturated carbocycles. The number of ether oxygens (including phenoxy) is 1. The van der Waals surface area contributed by atoms with Gasteiger partial charge in [-0.3, -0.25) is 4.79 Å². The summed E-state index contributed by atoms with van der Waals surface area (Å²) in [6.07, 6.45) is 2.18. The molecule has 0 bridgehead atoms. The summed E-state index contributed by atoms with van der Waals surface area (Å²) in [5, 5.41) is 2.87. The highest BCUT2D eigenvalue weighted by Crippen LogP contribution is 2.15. The zero-order chi connectivity index (χ0) is 13.0. The van der Waals surface area contributed by atoms with Crippen molar-refractivity contribution in [1.29, 1.82) is 0 Å². The van der Waals surface area contributed by atoms with Crippen molar-refractivity contribution in [3.63, 3.8) is 0 Å². The maximum atomic E-state index is 13.4. The van der Waals surface area contributed by atoms with E-state index in [0.29, 0.717) is 5.56 Å². The maximum Gasteiger partial charge on any atom is 0.224 e. The summed E-state index contributed by atoms with van der Waals surface area (Å²) < 4.78 is 18.9. The first-order valence-corrected chi connectivity index (χ1v) is 6.31. The lowest BCUT2D eigenvalue weighted by atomic mass is 10.1. The van der Waals surface area contributed by atoms with Crippen LogP contribution in [-0.2, 0) is 16.0 Å². The summed E-state index contributed by atoms with van der Waals surface area (Å²) in [6.45, 7) is 2.69. The molecule has 18 heavy (non-hydrogen) atoms. The largest absolute Gasteiger partial charge is 0.376 e. The molecular formula is C14H18FNO2. The van der Waals surface area contributed by atoms with E-state index in [1.165, 1.54) is 6.07 Å². The third-order valence-corrected chi connectivity index (χ3v) is 3.22. The van der Waals surface area contributed by atoms with Crippen LogP contribution in [0, 0.1) is 5.82 Å². The number of hydrogen-bond acceptors (Lipinski definition) is 2. The van der Waals surface area contributed by atoms with E-state index >= 15 is 0 Å². The van der Waals surface area contributed by atoms with Crippen molar-refractivity contribution in [1.82, 2.24) is 5.32 Å². The molecular weight excluding hydrogens is 233 g/mol. The predicted octanol–water partition coefficient (Wildman–Crippen LogP) is 2.05. The zero-order valence-corrected chi connectivity index (χ0v) is 10.5. The molecule has 2 rings (SSSR count). The highest BCUT2D eigenvalue weighted by molar-refractivity contribution is 5.78. The molecule has 1 aliphatic heterocycles. The Morgan fingerprint density at radius 3 is 3.00 bits per heavy atom. The molecule has 0 unspecified atom stereocenters. The number of carbonyl (C=O) groups excluding carboxylic acids is 1. The summed E-state index contributed by atoms with van der Waals surface area (Å²) >= 11 is 0. The Balaban J connectivity index is 1.86. The second-order valence-corrected chi connectivity index (χ2v) is 4.68. The summed E-state index contributed by atoms with van der Waals surface area (Å²) in [5.74, 6) is -0.500. The Bertz CT molecular complexity index is 416. The standard InChI is InChI=1S/C14H18FNO2/c1-10(13-7-4-8-18-13)16-14(17)9-11-5-2-3-6-12(11)15/h2-3,5-6,10,13H,4,7-9H2,1H3,(H,16,17)/t10-,13+/m0/s1. The van der Waals surface area contributed by atoms with Gasteiger partial charge in [0.2, 0.25) is 5.91 Å². The van der Waals surface area contributed by atoms with Crippen LogP contribution in [0.5, 0.6) is 0 Å². The first-order valence-electron chi connectivity index (χ1n) is 6.31. The Morgan fingerprint density at radius 2 is 2.33 bits per heavy atom. The van der Waals surface area contributed by atoms with E-state index in [1.807, 2.05) is 6.92 Å². The fourth-order valence-corrected chi connectivity index (χ4v) is 2.21. The van der Waals surface area contributed by atoms with Crippen LogP contribution in [0.15, 0.2) is 24.3 Å². The molecule has 1 heterocycles. The predicted molar refractivity (Wildman–Crippen MR) is 66.7 cm³/mol. The Morgan fingerprint density at radius 1 is 1.56 bits per heavy atom. The van der Waals surface area contributed by atoms with Crippen LogP contribution >= 0.6 is 0 Å². The lowest BCUT2D eigenvalue weighted by Crippen LogP contribution is -2.41. The normalized spacial score (nSPS) is 20.7. The molecule has 1 aromatic carbocycles. The van der Waals surface area contributed by atoms with Crippen LogP contribution in [-0.4, -0.2) is 24.7 Å². The number of rotatable bonds is 4. The summed E-state index contributed by atoms with van der Waals surface area (Å²) in [5.41, 5.74) is 0.426. The minimum Gasteiger partial charge on any atom is -0.376 e.